The van der Waals surface area contributed by atoms with Crippen LogP contribution in [0.3, 0.4) is 0 Å². The van der Waals surface area contributed by atoms with Gasteiger partial charge in [-0.1, -0.05) is 0 Å². The number of phenols is 1. The molecule has 4 rings (SSSR count). The predicted octanol–water partition coefficient (Wildman–Crippen LogP) is 3.05. The van der Waals surface area contributed by atoms with Crippen LogP contribution in [0.4, 0.5) is 13.2 Å². The number of ether oxygens (including phenoxy) is 1. The van der Waals surface area contributed by atoms with Crippen molar-refractivity contribution >= 4 is 11.5 Å². The van der Waals surface area contributed by atoms with E-state index in [4.69, 9.17) is 0 Å². The van der Waals surface area contributed by atoms with E-state index in [9.17, 15) is 18.3 Å². The average Bonchev–Trinajstić information content (AvgIpc) is 2.68. The van der Waals surface area contributed by atoms with Crippen LogP contribution in [0.15, 0.2) is 53.3 Å². The highest BCUT2D eigenvalue weighted by Crippen LogP contribution is 2.35. The number of hydrogen-bond acceptors (Lipinski definition) is 6. The number of benzene rings is 1. The number of alkyl halides is 3. The third kappa shape index (κ3) is 4.40. The Morgan fingerprint density at radius 1 is 1.28 bits per heavy atom. The van der Waals surface area contributed by atoms with Crippen molar-refractivity contribution in [1.82, 2.24) is 15.1 Å². The minimum atomic E-state index is -4.88. The number of hydrogen-bond donors (Lipinski definition) is 2. The Labute approximate surface area is 166 Å². The first-order valence-electron chi connectivity index (χ1n) is 9.31. The molecule has 2 N–H and O–H groups in total. The summed E-state index contributed by atoms with van der Waals surface area (Å²) in [6.07, 6.45) is 2.91. The van der Waals surface area contributed by atoms with E-state index in [0.29, 0.717) is 29.7 Å². The smallest absolute Gasteiger partial charge is 0.504 e. The van der Waals surface area contributed by atoms with E-state index in [0.717, 1.165) is 31.4 Å². The second-order valence-electron chi connectivity index (χ2n) is 7.13. The van der Waals surface area contributed by atoms with Gasteiger partial charge in [-0.25, -0.2) is 4.99 Å². The maximum absolute atomic E-state index is 12.5. The molecule has 3 aliphatic heterocycles. The van der Waals surface area contributed by atoms with Crippen LogP contribution in [-0.2, 0) is 0 Å². The number of fused-ring (bicyclic) bond motifs is 1. The van der Waals surface area contributed by atoms with Gasteiger partial charge in [0.05, 0.1) is 11.4 Å². The van der Waals surface area contributed by atoms with E-state index in [1.807, 2.05) is 29.3 Å². The first kappa shape index (κ1) is 19.4. The molecule has 0 aromatic heterocycles. The van der Waals surface area contributed by atoms with Gasteiger partial charge in [0.15, 0.2) is 11.5 Å². The summed E-state index contributed by atoms with van der Waals surface area (Å²) in [5.41, 5.74) is 2.08. The predicted molar refractivity (Wildman–Crippen MR) is 103 cm³/mol. The highest BCUT2D eigenvalue weighted by molar-refractivity contribution is 6.00. The lowest BCUT2D eigenvalue weighted by Crippen LogP contribution is -2.49. The minimum absolute atomic E-state index is 0.420. The largest absolute Gasteiger partial charge is 0.573 e. The van der Waals surface area contributed by atoms with Crippen LogP contribution in [0.25, 0.3) is 5.70 Å². The van der Waals surface area contributed by atoms with Gasteiger partial charge < -0.3 is 25.0 Å². The molecule has 0 saturated carbocycles. The van der Waals surface area contributed by atoms with Crippen molar-refractivity contribution in [2.45, 2.75) is 19.3 Å². The molecule has 0 spiro atoms. The van der Waals surface area contributed by atoms with Crippen molar-refractivity contribution < 1.29 is 23.0 Å². The zero-order valence-corrected chi connectivity index (χ0v) is 15.8. The lowest BCUT2D eigenvalue weighted by atomic mass is 10.1. The topological polar surface area (TPSA) is 60.3 Å². The highest BCUT2D eigenvalue weighted by Gasteiger charge is 2.32. The van der Waals surface area contributed by atoms with Gasteiger partial charge in [0, 0.05) is 44.0 Å². The number of piperazine rings is 1. The Balaban J connectivity index is 1.52. The van der Waals surface area contributed by atoms with Crippen LogP contribution >= 0.6 is 0 Å². The number of phenolic OH excluding ortho intramolecular Hbond substituents is 1. The van der Waals surface area contributed by atoms with Crippen molar-refractivity contribution in [3.05, 3.63) is 53.9 Å². The van der Waals surface area contributed by atoms with Crippen LogP contribution in [0.5, 0.6) is 11.5 Å². The second kappa shape index (κ2) is 7.47. The zero-order valence-electron chi connectivity index (χ0n) is 15.8. The summed E-state index contributed by atoms with van der Waals surface area (Å²) in [6.45, 7) is 5.47. The summed E-state index contributed by atoms with van der Waals surface area (Å²) in [7, 11) is 0. The number of nitrogens with one attached hydrogen (secondary N) is 1. The molecule has 1 aromatic rings. The summed E-state index contributed by atoms with van der Waals surface area (Å²) in [5.74, 6) is -0.513. The van der Waals surface area contributed by atoms with E-state index in [1.54, 1.807) is 0 Å². The first-order chi connectivity index (χ1) is 13.8. The summed E-state index contributed by atoms with van der Waals surface area (Å²) in [4.78, 5) is 8.87. The summed E-state index contributed by atoms with van der Waals surface area (Å²) >= 11 is 0. The third-order valence-corrected chi connectivity index (χ3v) is 4.92. The monoisotopic (exact) mass is 406 g/mol. The number of halogens is 3. The number of amidine groups is 1. The van der Waals surface area contributed by atoms with Crippen LogP contribution in [0, 0.1) is 0 Å². The lowest BCUT2D eigenvalue weighted by Gasteiger charge is -2.37. The lowest BCUT2D eigenvalue weighted by molar-refractivity contribution is -0.275. The number of aliphatic imine (C=N–C) groups is 1. The minimum Gasteiger partial charge on any atom is -0.504 e. The Bertz CT molecular complexity index is 921. The van der Waals surface area contributed by atoms with E-state index >= 15 is 0 Å². The summed E-state index contributed by atoms with van der Waals surface area (Å²) < 4.78 is 41.5. The third-order valence-electron chi connectivity index (χ3n) is 4.92. The molecule has 3 aliphatic rings. The van der Waals surface area contributed by atoms with Crippen LogP contribution in [-0.4, -0.2) is 59.3 Å². The van der Waals surface area contributed by atoms with Gasteiger partial charge in [-0.05, 0) is 43.4 Å². The van der Waals surface area contributed by atoms with Gasteiger partial charge in [-0.2, -0.15) is 0 Å². The molecular weight excluding hydrogens is 385 g/mol. The second-order valence-corrected chi connectivity index (χ2v) is 7.13. The van der Waals surface area contributed by atoms with E-state index in [2.05, 4.69) is 26.9 Å². The number of allylic oxidation sites excluding steroid dienone is 1. The normalized spacial score (nSPS) is 21.9. The number of rotatable bonds is 3. The van der Waals surface area contributed by atoms with Gasteiger partial charge in [-0.15, -0.1) is 13.2 Å². The average molecular weight is 406 g/mol. The fourth-order valence-corrected chi connectivity index (χ4v) is 3.54. The zero-order chi connectivity index (χ0) is 20.6. The highest BCUT2D eigenvalue weighted by atomic mass is 19.4. The van der Waals surface area contributed by atoms with Gasteiger partial charge in [0.1, 0.15) is 5.84 Å². The Kier molecular flexibility index (Phi) is 4.99. The van der Waals surface area contributed by atoms with E-state index in [1.165, 1.54) is 12.1 Å². The molecular formula is C20H21F3N4O2. The molecule has 3 heterocycles. The molecule has 0 aliphatic carbocycles. The van der Waals surface area contributed by atoms with Crippen LogP contribution in [0.1, 0.15) is 12.5 Å². The number of nitrogens with zero attached hydrogens (tertiary/aromatic N) is 3. The maximum Gasteiger partial charge on any atom is 0.573 e. The van der Waals surface area contributed by atoms with Crippen LogP contribution in [0.2, 0.25) is 0 Å². The van der Waals surface area contributed by atoms with Crippen LogP contribution < -0.4 is 10.1 Å². The van der Waals surface area contributed by atoms with Gasteiger partial charge in [0.25, 0.3) is 0 Å². The molecule has 1 aromatic carbocycles. The number of aromatic hydroxyl groups is 1. The molecule has 0 radical (unpaired) electrons. The molecule has 6 nitrogen and oxygen atoms in total. The van der Waals surface area contributed by atoms with E-state index in [-0.39, 0.29) is 0 Å². The van der Waals surface area contributed by atoms with E-state index < -0.39 is 17.9 Å². The van der Waals surface area contributed by atoms with Gasteiger partial charge >= 0.3 is 6.36 Å². The summed E-state index contributed by atoms with van der Waals surface area (Å²) in [6, 6.07) is 4.25. The van der Waals surface area contributed by atoms with Crippen molar-refractivity contribution in [3.8, 4) is 11.5 Å². The molecule has 1 fully saturated rings. The molecule has 1 atom stereocenters. The van der Waals surface area contributed by atoms with Crippen molar-refractivity contribution in [2.24, 2.45) is 4.99 Å². The molecule has 1 saturated heterocycles. The Morgan fingerprint density at radius 3 is 2.86 bits per heavy atom. The fraction of sp³-hybridized carbons (Fsp3) is 0.350. The molecule has 0 amide bonds. The van der Waals surface area contributed by atoms with Gasteiger partial charge in [0.2, 0.25) is 0 Å². The van der Waals surface area contributed by atoms with Gasteiger partial charge in [-0.3, -0.25) is 0 Å². The Morgan fingerprint density at radius 2 is 2.10 bits per heavy atom. The van der Waals surface area contributed by atoms with Crippen molar-refractivity contribution in [3.63, 3.8) is 0 Å². The standard InChI is InChI=1S/C20H21F3N4O2/c1-13-11-26(9-7-24-13)15-3-5-19-25-16(6-8-27(19)12-15)14-2-4-17(28)18(10-14)29-20(21,22)23/h2-6,10,12-13,24,28H,7-9,11H2,1H3/t13-/m0/s1. The molecule has 154 valence electrons. The molecule has 9 heteroatoms. The van der Waals surface area contributed by atoms with Crippen molar-refractivity contribution in [1.29, 1.82) is 0 Å². The molecule has 0 bridgehead atoms. The Hall–Kier alpha value is -2.94. The molecule has 0 unspecified atom stereocenters. The van der Waals surface area contributed by atoms with Crippen molar-refractivity contribution in [2.75, 3.05) is 26.2 Å². The maximum atomic E-state index is 12.5. The quantitative estimate of drug-likeness (QED) is 0.808. The summed E-state index contributed by atoms with van der Waals surface area (Å²) in [5, 5.41) is 13.1. The fourth-order valence-electron chi connectivity index (χ4n) is 3.54. The first-order valence-corrected chi connectivity index (χ1v) is 9.31. The SMILES string of the molecule is C[C@H]1CN(C2=CN3CC=C(c4ccc(O)c(OC(F)(F)F)c4)N=C3C=C2)CCN1. The molecule has 29 heavy (non-hydrogen) atoms.